The van der Waals surface area contributed by atoms with Crippen LogP contribution in [-0.2, 0) is 16.0 Å². The van der Waals surface area contributed by atoms with Gasteiger partial charge in [0, 0.05) is 26.2 Å². The van der Waals surface area contributed by atoms with Gasteiger partial charge in [0.15, 0.2) is 0 Å². The van der Waals surface area contributed by atoms with Crippen molar-refractivity contribution < 1.29 is 18.7 Å². The minimum atomic E-state index is -0.331. The minimum Gasteiger partial charge on any atom is -0.462 e. The van der Waals surface area contributed by atoms with E-state index in [9.17, 15) is 14.0 Å². The van der Waals surface area contributed by atoms with Crippen molar-refractivity contribution in [2.24, 2.45) is 0 Å². The Labute approximate surface area is 158 Å². The van der Waals surface area contributed by atoms with Gasteiger partial charge >= 0.3 is 5.97 Å². The maximum Gasteiger partial charge on any atom is 0.340 e. The molecule has 1 fully saturated rings. The number of ether oxygens (including phenoxy) is 1. The number of para-hydroxylation sites is 1. The molecule has 2 aromatic carbocycles. The van der Waals surface area contributed by atoms with Crippen molar-refractivity contribution in [1.29, 1.82) is 0 Å². The lowest BCUT2D eigenvalue weighted by atomic mass is 10.1. The fourth-order valence-corrected chi connectivity index (χ4v) is 3.22. The van der Waals surface area contributed by atoms with Gasteiger partial charge in [0.05, 0.1) is 24.3 Å². The predicted octanol–water partition coefficient (Wildman–Crippen LogP) is 2.89. The standard InChI is InChI=1S/C21H23FN2O3/c1-2-27-21(26)18-5-3-4-6-19(18)23-11-13-24(14-12-23)20(25)15-16-7-9-17(22)10-8-16/h3-10H,2,11-15H2,1H3. The first kappa shape index (κ1) is 18.9. The number of anilines is 1. The topological polar surface area (TPSA) is 49.9 Å². The van der Waals surface area contributed by atoms with Crippen LogP contribution < -0.4 is 4.90 Å². The molecule has 27 heavy (non-hydrogen) atoms. The van der Waals surface area contributed by atoms with Crippen LogP contribution in [-0.4, -0.2) is 49.6 Å². The van der Waals surface area contributed by atoms with Gasteiger partial charge in [0.1, 0.15) is 5.82 Å². The summed E-state index contributed by atoms with van der Waals surface area (Å²) in [6, 6.07) is 13.4. The van der Waals surface area contributed by atoms with Crippen LogP contribution in [0.25, 0.3) is 0 Å². The van der Waals surface area contributed by atoms with Crippen LogP contribution in [0.2, 0.25) is 0 Å². The third kappa shape index (κ3) is 4.64. The molecule has 1 aliphatic rings. The molecule has 0 aliphatic carbocycles. The van der Waals surface area contributed by atoms with Crippen LogP contribution in [0.3, 0.4) is 0 Å². The Kier molecular flexibility index (Phi) is 6.06. The van der Waals surface area contributed by atoms with E-state index in [4.69, 9.17) is 4.74 Å². The van der Waals surface area contributed by atoms with E-state index in [0.717, 1.165) is 11.3 Å². The van der Waals surface area contributed by atoms with Gasteiger partial charge in [-0.2, -0.15) is 0 Å². The molecule has 0 bridgehead atoms. The highest BCUT2D eigenvalue weighted by Gasteiger charge is 2.24. The molecule has 0 saturated carbocycles. The van der Waals surface area contributed by atoms with E-state index in [0.29, 0.717) is 38.3 Å². The molecule has 2 aromatic rings. The van der Waals surface area contributed by atoms with Crippen molar-refractivity contribution in [3.63, 3.8) is 0 Å². The molecule has 0 aromatic heterocycles. The fraction of sp³-hybridized carbons (Fsp3) is 0.333. The smallest absolute Gasteiger partial charge is 0.340 e. The van der Waals surface area contributed by atoms with Gasteiger partial charge < -0.3 is 14.5 Å². The van der Waals surface area contributed by atoms with E-state index in [-0.39, 0.29) is 24.1 Å². The summed E-state index contributed by atoms with van der Waals surface area (Å²) in [5, 5.41) is 0. The number of esters is 1. The maximum atomic E-state index is 13.0. The van der Waals surface area contributed by atoms with Crippen LogP contribution >= 0.6 is 0 Å². The van der Waals surface area contributed by atoms with Crippen LogP contribution in [0, 0.1) is 5.82 Å². The summed E-state index contributed by atoms with van der Waals surface area (Å²) in [6.07, 6.45) is 0.264. The summed E-state index contributed by atoms with van der Waals surface area (Å²) in [4.78, 5) is 28.6. The molecular weight excluding hydrogens is 347 g/mol. The zero-order valence-corrected chi connectivity index (χ0v) is 15.4. The van der Waals surface area contributed by atoms with Gasteiger partial charge in [0.25, 0.3) is 0 Å². The van der Waals surface area contributed by atoms with Crippen LogP contribution in [0.1, 0.15) is 22.8 Å². The molecule has 6 heteroatoms. The molecule has 0 N–H and O–H groups in total. The quantitative estimate of drug-likeness (QED) is 0.760. The van der Waals surface area contributed by atoms with E-state index >= 15 is 0 Å². The Bertz CT molecular complexity index is 799. The van der Waals surface area contributed by atoms with Crippen molar-refractivity contribution in [2.45, 2.75) is 13.3 Å². The van der Waals surface area contributed by atoms with Gasteiger partial charge in [-0.3, -0.25) is 4.79 Å². The first-order valence-electron chi connectivity index (χ1n) is 9.12. The Hall–Kier alpha value is -2.89. The summed E-state index contributed by atoms with van der Waals surface area (Å²) >= 11 is 0. The molecule has 1 amide bonds. The molecular formula is C21H23FN2O3. The van der Waals surface area contributed by atoms with E-state index in [1.54, 1.807) is 25.1 Å². The second kappa shape index (κ2) is 8.66. The molecule has 0 unspecified atom stereocenters. The Morgan fingerprint density at radius 1 is 1.00 bits per heavy atom. The first-order valence-corrected chi connectivity index (χ1v) is 9.12. The van der Waals surface area contributed by atoms with Gasteiger partial charge in [-0.15, -0.1) is 0 Å². The highest BCUT2D eigenvalue weighted by Crippen LogP contribution is 2.23. The zero-order chi connectivity index (χ0) is 19.2. The van der Waals surface area contributed by atoms with Crippen molar-refractivity contribution in [3.8, 4) is 0 Å². The number of amides is 1. The van der Waals surface area contributed by atoms with E-state index in [1.807, 2.05) is 23.1 Å². The molecule has 0 radical (unpaired) electrons. The number of rotatable bonds is 5. The SMILES string of the molecule is CCOC(=O)c1ccccc1N1CCN(C(=O)Cc2ccc(F)cc2)CC1. The molecule has 1 heterocycles. The highest BCUT2D eigenvalue weighted by molar-refractivity contribution is 5.96. The van der Waals surface area contributed by atoms with Gasteiger partial charge in [-0.1, -0.05) is 24.3 Å². The van der Waals surface area contributed by atoms with E-state index in [1.165, 1.54) is 12.1 Å². The molecule has 1 saturated heterocycles. The second-order valence-electron chi connectivity index (χ2n) is 6.41. The third-order valence-corrected chi connectivity index (χ3v) is 4.64. The van der Waals surface area contributed by atoms with Crippen LogP contribution in [0.15, 0.2) is 48.5 Å². The summed E-state index contributed by atoms with van der Waals surface area (Å²) < 4.78 is 18.1. The van der Waals surface area contributed by atoms with Crippen molar-refractivity contribution in [1.82, 2.24) is 4.90 Å². The Balaban J connectivity index is 1.61. The van der Waals surface area contributed by atoms with Crippen molar-refractivity contribution in [2.75, 3.05) is 37.7 Å². The Morgan fingerprint density at radius 3 is 2.33 bits per heavy atom. The average Bonchev–Trinajstić information content (AvgIpc) is 2.70. The monoisotopic (exact) mass is 370 g/mol. The molecule has 0 spiro atoms. The molecule has 5 nitrogen and oxygen atoms in total. The maximum absolute atomic E-state index is 13.0. The number of nitrogens with zero attached hydrogens (tertiary/aromatic N) is 2. The van der Waals surface area contributed by atoms with Crippen molar-refractivity contribution >= 4 is 17.6 Å². The largest absolute Gasteiger partial charge is 0.462 e. The summed E-state index contributed by atoms with van der Waals surface area (Å²) in [5.74, 6) is -0.608. The number of carbonyl (C=O) groups excluding carboxylic acids is 2. The summed E-state index contributed by atoms with van der Waals surface area (Å²) in [5.41, 5.74) is 2.18. The summed E-state index contributed by atoms with van der Waals surface area (Å²) in [7, 11) is 0. The zero-order valence-electron chi connectivity index (χ0n) is 15.4. The average molecular weight is 370 g/mol. The van der Waals surface area contributed by atoms with Crippen LogP contribution in [0.4, 0.5) is 10.1 Å². The number of carbonyl (C=O) groups is 2. The van der Waals surface area contributed by atoms with Crippen LogP contribution in [0.5, 0.6) is 0 Å². The van der Waals surface area contributed by atoms with Crippen molar-refractivity contribution in [3.05, 3.63) is 65.5 Å². The fourth-order valence-electron chi connectivity index (χ4n) is 3.22. The number of hydrogen-bond donors (Lipinski definition) is 0. The first-order chi connectivity index (χ1) is 13.1. The molecule has 0 atom stereocenters. The normalized spacial score (nSPS) is 14.1. The number of hydrogen-bond acceptors (Lipinski definition) is 4. The van der Waals surface area contributed by atoms with E-state index < -0.39 is 0 Å². The second-order valence-corrected chi connectivity index (χ2v) is 6.41. The molecule has 142 valence electrons. The number of halogens is 1. The molecule has 1 aliphatic heterocycles. The molecule has 3 rings (SSSR count). The predicted molar refractivity (Wildman–Crippen MR) is 101 cm³/mol. The third-order valence-electron chi connectivity index (χ3n) is 4.64. The van der Waals surface area contributed by atoms with Gasteiger partial charge in [0.2, 0.25) is 5.91 Å². The highest BCUT2D eigenvalue weighted by atomic mass is 19.1. The lowest BCUT2D eigenvalue weighted by Gasteiger charge is -2.36. The van der Waals surface area contributed by atoms with Gasteiger partial charge in [-0.25, -0.2) is 9.18 Å². The van der Waals surface area contributed by atoms with E-state index in [2.05, 4.69) is 4.90 Å². The lowest BCUT2D eigenvalue weighted by molar-refractivity contribution is -0.130. The number of benzene rings is 2. The summed E-state index contributed by atoms with van der Waals surface area (Å²) in [6.45, 7) is 4.57. The Morgan fingerprint density at radius 2 is 1.67 bits per heavy atom. The van der Waals surface area contributed by atoms with Gasteiger partial charge in [-0.05, 0) is 36.8 Å². The lowest BCUT2D eigenvalue weighted by Crippen LogP contribution is -2.49. The minimum absolute atomic E-state index is 0.0277. The number of piperazine rings is 1.